The number of carbonyl (C=O) groups is 3. The van der Waals surface area contributed by atoms with Crippen molar-refractivity contribution >= 4 is 51.0 Å². The first-order valence-electron chi connectivity index (χ1n) is 11.8. The zero-order valence-corrected chi connectivity index (χ0v) is 21.4. The molecule has 4 rings (SSSR count). The lowest BCUT2D eigenvalue weighted by Gasteiger charge is -2.34. The Hall–Kier alpha value is -1.68. The highest BCUT2D eigenvalue weighted by atomic mass is 79.9. The van der Waals surface area contributed by atoms with E-state index in [0.29, 0.717) is 36.5 Å². The Morgan fingerprint density at radius 1 is 1.29 bits per heavy atom. The van der Waals surface area contributed by atoms with Crippen molar-refractivity contribution < 1.29 is 29.0 Å². The number of nitrogens with one attached hydrogen (secondary N) is 1. The first-order valence-corrected chi connectivity index (χ1v) is 13.1. The molecule has 3 heterocycles. The minimum Gasteiger partial charge on any atom is -0.466 e. The van der Waals surface area contributed by atoms with Crippen LogP contribution in [0.4, 0.5) is 5.69 Å². The molecule has 1 spiro atoms. The Morgan fingerprint density at radius 2 is 2.03 bits per heavy atom. The van der Waals surface area contributed by atoms with E-state index < -0.39 is 35.6 Å². The molecule has 3 saturated heterocycles. The number of esters is 1. The third kappa shape index (κ3) is 4.36. The number of aliphatic hydroxyl groups is 1. The standard InChI is InChI=1S/C24H30BrClN2O6/c1-2-33-23(32)17-18-22(31)28(11-7-3-4-8-12-29)20(24(18)13-14(25)19(17)34-24)21(30)27-16-10-6-5-9-15(16)26/h5-6,9-10,14,17-20,29H,2-4,7-8,11-13H2,1H3,(H,27,30)/t14?,17-,18+,19-,20-,24+/m1/s1. The van der Waals surface area contributed by atoms with Crippen LogP contribution in [0.25, 0.3) is 0 Å². The minimum absolute atomic E-state index is 0.125. The highest BCUT2D eigenvalue weighted by Gasteiger charge is 2.76. The molecule has 34 heavy (non-hydrogen) atoms. The summed E-state index contributed by atoms with van der Waals surface area (Å²) in [5, 5.41) is 12.3. The van der Waals surface area contributed by atoms with E-state index in [1.54, 1.807) is 36.1 Å². The van der Waals surface area contributed by atoms with Gasteiger partial charge in [-0.1, -0.05) is 52.5 Å². The number of ether oxygens (including phenoxy) is 2. The number of amides is 2. The van der Waals surface area contributed by atoms with Crippen molar-refractivity contribution in [1.29, 1.82) is 0 Å². The van der Waals surface area contributed by atoms with Crippen LogP contribution in [0.5, 0.6) is 0 Å². The molecule has 3 aliphatic heterocycles. The SMILES string of the molecule is CCOC(=O)[C@H]1[C@@H]2O[C@@]3(CC2Br)[C@@H]1C(=O)N(CCCCCCO)[C@@H]3C(=O)Nc1ccccc1Cl. The van der Waals surface area contributed by atoms with Crippen LogP contribution >= 0.6 is 27.5 Å². The van der Waals surface area contributed by atoms with Crippen molar-refractivity contribution in [3.8, 4) is 0 Å². The minimum atomic E-state index is -1.12. The first-order chi connectivity index (χ1) is 16.4. The second-order valence-corrected chi connectivity index (χ2v) is 10.6. The summed E-state index contributed by atoms with van der Waals surface area (Å²) in [6, 6.07) is 6.02. The van der Waals surface area contributed by atoms with Crippen molar-refractivity contribution in [1.82, 2.24) is 4.90 Å². The molecule has 1 aromatic carbocycles. The van der Waals surface area contributed by atoms with Gasteiger partial charge < -0.3 is 24.8 Å². The number of hydrogen-bond acceptors (Lipinski definition) is 6. The smallest absolute Gasteiger partial charge is 0.312 e. The molecule has 2 bridgehead atoms. The summed E-state index contributed by atoms with van der Waals surface area (Å²) in [4.78, 5) is 41.7. The second kappa shape index (κ2) is 10.5. The molecule has 1 aromatic rings. The lowest BCUT2D eigenvalue weighted by Crippen LogP contribution is -2.54. The van der Waals surface area contributed by atoms with Gasteiger partial charge in [0.25, 0.3) is 0 Å². The number of nitrogens with zero attached hydrogens (tertiary/aromatic N) is 1. The van der Waals surface area contributed by atoms with Gasteiger partial charge in [-0.15, -0.1) is 0 Å². The lowest BCUT2D eigenvalue weighted by atomic mass is 9.70. The van der Waals surface area contributed by atoms with Crippen LogP contribution in [-0.2, 0) is 23.9 Å². The molecule has 0 aromatic heterocycles. The molecule has 3 fully saturated rings. The van der Waals surface area contributed by atoms with Crippen LogP contribution in [0, 0.1) is 11.8 Å². The molecular weight excluding hydrogens is 528 g/mol. The monoisotopic (exact) mass is 556 g/mol. The highest BCUT2D eigenvalue weighted by molar-refractivity contribution is 9.09. The predicted octanol–water partition coefficient (Wildman–Crippen LogP) is 3.14. The summed E-state index contributed by atoms with van der Waals surface area (Å²) in [5.74, 6) is -2.64. The largest absolute Gasteiger partial charge is 0.466 e. The number of fused-ring (bicyclic) bond motifs is 1. The van der Waals surface area contributed by atoms with Crippen molar-refractivity contribution in [3.63, 3.8) is 0 Å². The maximum absolute atomic E-state index is 13.7. The molecule has 6 atom stereocenters. The summed E-state index contributed by atoms with van der Waals surface area (Å²) in [6.07, 6.45) is 2.92. The third-order valence-corrected chi connectivity index (χ3v) is 8.21. The fourth-order valence-corrected chi connectivity index (χ4v) is 6.82. The number of rotatable bonds is 10. The number of aliphatic hydroxyl groups excluding tert-OH is 1. The molecule has 2 amide bonds. The van der Waals surface area contributed by atoms with Crippen LogP contribution in [0.2, 0.25) is 5.02 Å². The number of anilines is 1. The van der Waals surface area contributed by atoms with Gasteiger partial charge in [0.05, 0.1) is 35.3 Å². The number of benzene rings is 1. The Kier molecular flexibility index (Phi) is 7.86. The summed E-state index contributed by atoms with van der Waals surface area (Å²) in [5.41, 5.74) is -0.668. The van der Waals surface area contributed by atoms with E-state index in [0.717, 1.165) is 12.8 Å². The zero-order valence-electron chi connectivity index (χ0n) is 19.0. The topological polar surface area (TPSA) is 105 Å². The number of unbranched alkanes of at least 4 members (excludes halogenated alkanes) is 3. The Labute approximate surface area is 212 Å². The van der Waals surface area contributed by atoms with Gasteiger partial charge in [-0.25, -0.2) is 0 Å². The van der Waals surface area contributed by atoms with E-state index in [4.69, 9.17) is 26.2 Å². The summed E-state index contributed by atoms with van der Waals surface area (Å²) < 4.78 is 11.7. The number of carbonyl (C=O) groups excluding carboxylic acids is 3. The van der Waals surface area contributed by atoms with E-state index >= 15 is 0 Å². The number of alkyl halides is 1. The maximum atomic E-state index is 13.7. The van der Waals surface area contributed by atoms with Gasteiger partial charge in [0.1, 0.15) is 11.6 Å². The van der Waals surface area contributed by atoms with E-state index in [2.05, 4.69) is 21.2 Å². The Bertz CT molecular complexity index is 948. The molecule has 0 aliphatic carbocycles. The molecule has 3 aliphatic rings. The molecule has 8 nitrogen and oxygen atoms in total. The van der Waals surface area contributed by atoms with Gasteiger partial charge in [-0.2, -0.15) is 0 Å². The molecule has 0 radical (unpaired) electrons. The summed E-state index contributed by atoms with van der Waals surface area (Å²) >= 11 is 9.89. The van der Waals surface area contributed by atoms with Gasteiger partial charge in [0.15, 0.2) is 0 Å². The van der Waals surface area contributed by atoms with Gasteiger partial charge >= 0.3 is 5.97 Å². The van der Waals surface area contributed by atoms with E-state index in [-0.39, 0.29) is 29.9 Å². The molecule has 186 valence electrons. The number of likely N-dealkylation sites (tertiary alicyclic amines) is 1. The highest BCUT2D eigenvalue weighted by Crippen LogP contribution is 2.60. The van der Waals surface area contributed by atoms with E-state index in [1.165, 1.54) is 0 Å². The van der Waals surface area contributed by atoms with E-state index in [9.17, 15) is 14.4 Å². The fourth-order valence-electron chi connectivity index (χ4n) is 5.69. The van der Waals surface area contributed by atoms with Gasteiger partial charge in [0.2, 0.25) is 11.8 Å². The molecule has 0 saturated carbocycles. The van der Waals surface area contributed by atoms with Crippen molar-refractivity contribution in [2.24, 2.45) is 11.8 Å². The van der Waals surface area contributed by atoms with Crippen molar-refractivity contribution in [2.75, 3.05) is 25.1 Å². The van der Waals surface area contributed by atoms with Crippen LogP contribution < -0.4 is 5.32 Å². The second-order valence-electron chi connectivity index (χ2n) is 9.05. The molecule has 1 unspecified atom stereocenters. The quantitative estimate of drug-likeness (QED) is 0.260. The summed E-state index contributed by atoms with van der Waals surface area (Å²) in [7, 11) is 0. The number of para-hydroxylation sites is 1. The predicted molar refractivity (Wildman–Crippen MR) is 130 cm³/mol. The Morgan fingerprint density at radius 3 is 2.74 bits per heavy atom. The van der Waals surface area contributed by atoms with Crippen molar-refractivity contribution in [3.05, 3.63) is 29.3 Å². The average molecular weight is 558 g/mol. The molecular formula is C24H30BrClN2O6. The third-order valence-electron chi connectivity index (χ3n) is 7.04. The van der Waals surface area contributed by atoms with Gasteiger partial charge in [-0.05, 0) is 38.3 Å². The van der Waals surface area contributed by atoms with E-state index in [1.807, 2.05) is 0 Å². The molecule has 10 heteroatoms. The normalized spacial score (nSPS) is 31.6. The average Bonchev–Trinajstić information content (AvgIpc) is 3.39. The first kappa shape index (κ1) is 25.4. The lowest BCUT2D eigenvalue weighted by molar-refractivity contribution is -0.154. The van der Waals surface area contributed by atoms with Gasteiger partial charge in [-0.3, -0.25) is 14.4 Å². The molecule has 2 N–H and O–H groups in total. The van der Waals surface area contributed by atoms with Gasteiger partial charge in [0, 0.05) is 18.0 Å². The van der Waals surface area contributed by atoms with Crippen molar-refractivity contribution in [2.45, 2.75) is 61.6 Å². The Balaban J connectivity index is 1.65. The fraction of sp³-hybridized carbons (Fsp3) is 0.625. The zero-order chi connectivity index (χ0) is 24.5. The number of halogens is 2. The van der Waals surface area contributed by atoms with Crippen LogP contribution in [-0.4, -0.2) is 70.1 Å². The van der Waals surface area contributed by atoms with Crippen LogP contribution in [0.3, 0.4) is 0 Å². The summed E-state index contributed by atoms with van der Waals surface area (Å²) in [6.45, 7) is 2.41. The number of hydrogen-bond donors (Lipinski definition) is 2. The van der Waals surface area contributed by atoms with Crippen LogP contribution in [0.15, 0.2) is 24.3 Å². The maximum Gasteiger partial charge on any atom is 0.312 e. The van der Waals surface area contributed by atoms with Crippen LogP contribution in [0.1, 0.15) is 39.0 Å².